The smallest absolute Gasteiger partial charge is 0.254 e. The summed E-state index contributed by atoms with van der Waals surface area (Å²) in [6.07, 6.45) is 4.35. The summed E-state index contributed by atoms with van der Waals surface area (Å²) in [7, 11) is 0. The van der Waals surface area contributed by atoms with Crippen molar-refractivity contribution < 1.29 is 14.3 Å². The molecule has 7 rings (SSSR count). The molecule has 2 aliphatic rings. The van der Waals surface area contributed by atoms with E-state index in [1.54, 1.807) is 12.1 Å². The first kappa shape index (κ1) is 37.2. The topological polar surface area (TPSA) is 131 Å². The highest BCUT2D eigenvalue weighted by molar-refractivity contribution is 6.00. The van der Waals surface area contributed by atoms with Gasteiger partial charge >= 0.3 is 0 Å². The summed E-state index contributed by atoms with van der Waals surface area (Å²) in [5.41, 5.74) is 15.5. The van der Waals surface area contributed by atoms with Crippen molar-refractivity contribution in [3.63, 3.8) is 0 Å². The molecular formula is C43H52N8O3. The number of pyridine rings is 1. The van der Waals surface area contributed by atoms with E-state index in [4.69, 9.17) is 15.5 Å². The van der Waals surface area contributed by atoms with Crippen LogP contribution in [0.3, 0.4) is 0 Å². The minimum absolute atomic E-state index is 0.187. The lowest BCUT2D eigenvalue weighted by molar-refractivity contribution is 0.0729. The van der Waals surface area contributed by atoms with Crippen molar-refractivity contribution in [1.82, 2.24) is 29.9 Å². The highest BCUT2D eigenvalue weighted by Gasteiger charge is 2.26. The fraction of sp³-hybridized carbons (Fsp3) is 0.395. The molecule has 54 heavy (non-hydrogen) atoms. The predicted molar refractivity (Wildman–Crippen MR) is 213 cm³/mol. The third kappa shape index (κ3) is 8.49. The van der Waals surface area contributed by atoms with Crippen molar-refractivity contribution in [3.05, 3.63) is 112 Å². The summed E-state index contributed by atoms with van der Waals surface area (Å²) in [5.74, 6) is -0.752. The van der Waals surface area contributed by atoms with Crippen LogP contribution < -0.4 is 16.4 Å². The lowest BCUT2D eigenvalue weighted by Gasteiger charge is -2.29. The number of carbonyl (C=O) groups is 2. The van der Waals surface area contributed by atoms with E-state index in [0.717, 1.165) is 95.8 Å². The molecule has 282 valence electrons. The van der Waals surface area contributed by atoms with Gasteiger partial charge in [0.15, 0.2) is 5.65 Å². The Balaban J connectivity index is 1.27. The van der Waals surface area contributed by atoms with Crippen LogP contribution >= 0.6 is 0 Å². The number of anilines is 1. The minimum atomic E-state index is -0.565. The van der Waals surface area contributed by atoms with Crippen LogP contribution in [0.4, 0.5) is 5.69 Å². The third-order valence-corrected chi connectivity index (χ3v) is 10.6. The number of carbonyl (C=O) groups excluding carboxylic acids is 2. The number of hydrogen-bond acceptors (Lipinski definition) is 8. The first-order valence-corrected chi connectivity index (χ1v) is 19.3. The second-order valence-electron chi connectivity index (χ2n) is 14.5. The van der Waals surface area contributed by atoms with E-state index in [1.165, 1.54) is 5.56 Å². The minimum Gasteiger partial charge on any atom is -0.381 e. The molecule has 2 fully saturated rings. The van der Waals surface area contributed by atoms with Gasteiger partial charge in [0.2, 0.25) is 5.91 Å². The van der Waals surface area contributed by atoms with Gasteiger partial charge in [0.25, 0.3) is 5.91 Å². The van der Waals surface area contributed by atoms with E-state index in [2.05, 4.69) is 83.0 Å². The number of aryl methyl sites for hydroxylation is 3. The van der Waals surface area contributed by atoms with E-state index < -0.39 is 5.91 Å². The maximum Gasteiger partial charge on any atom is 0.254 e. The molecule has 4 N–H and O–H groups in total. The van der Waals surface area contributed by atoms with Gasteiger partial charge < -0.3 is 26.0 Å². The first-order chi connectivity index (χ1) is 26.3. The Morgan fingerprint density at radius 3 is 2.35 bits per heavy atom. The number of ether oxygens (including phenoxy) is 1. The first-order valence-electron chi connectivity index (χ1n) is 19.3. The van der Waals surface area contributed by atoms with Gasteiger partial charge in [-0.15, -0.1) is 0 Å². The zero-order valence-electron chi connectivity index (χ0n) is 31.7. The molecule has 0 saturated carbocycles. The Morgan fingerprint density at radius 2 is 1.65 bits per heavy atom. The maximum absolute atomic E-state index is 14.8. The standard InChI is InChI=1S/C43H52N8O3/c1-4-39-38(40(47-36-12-18-54-19-13-36)37-25-46-51(5-2)42(37)48-39)28-50(43(53)35-21-29(3)20-34(24-35)41(44)52)27-31-9-7-11-33(23-31)32-10-6-8-30(22-32)26-49-16-14-45-15-17-49/h6-11,20-25,36,45H,4-5,12-19,26-28H2,1-3H3,(H2,44,52)(H,47,48). The normalized spacial score (nSPS) is 15.4. The molecule has 2 saturated heterocycles. The molecular weight excluding hydrogens is 677 g/mol. The van der Waals surface area contributed by atoms with E-state index >= 15 is 0 Å². The SMILES string of the molecule is CCc1nc2c(cnn2CC)c(NC2CCOCC2)c1CN(Cc1cccc(-c2cccc(CN3CCNCC3)c2)c1)C(=O)c1cc(C)cc(C(N)=O)c1. The molecule has 11 nitrogen and oxygen atoms in total. The molecule has 2 aliphatic heterocycles. The summed E-state index contributed by atoms with van der Waals surface area (Å²) in [6, 6.07) is 22.6. The van der Waals surface area contributed by atoms with Crippen LogP contribution in [-0.4, -0.2) is 81.8 Å². The molecule has 0 unspecified atom stereocenters. The Labute approximate surface area is 317 Å². The third-order valence-electron chi connectivity index (χ3n) is 10.6. The van der Waals surface area contributed by atoms with Gasteiger partial charge in [0, 0.05) is 87.5 Å². The highest BCUT2D eigenvalue weighted by Crippen LogP contribution is 2.33. The zero-order chi connectivity index (χ0) is 37.6. The van der Waals surface area contributed by atoms with Gasteiger partial charge in [-0.1, -0.05) is 43.3 Å². The van der Waals surface area contributed by atoms with Crippen LogP contribution in [0, 0.1) is 6.92 Å². The monoisotopic (exact) mass is 728 g/mol. The molecule has 0 atom stereocenters. The molecule has 11 heteroatoms. The van der Waals surface area contributed by atoms with Crippen molar-refractivity contribution in [1.29, 1.82) is 0 Å². The summed E-state index contributed by atoms with van der Waals surface area (Å²) in [6.45, 7) is 13.8. The van der Waals surface area contributed by atoms with E-state index in [9.17, 15) is 9.59 Å². The number of rotatable bonds is 13. The molecule has 3 aromatic carbocycles. The molecule has 0 radical (unpaired) electrons. The average molecular weight is 729 g/mol. The quantitative estimate of drug-likeness (QED) is 0.136. The Kier molecular flexibility index (Phi) is 11.7. The van der Waals surface area contributed by atoms with E-state index in [-0.39, 0.29) is 11.9 Å². The zero-order valence-corrected chi connectivity index (χ0v) is 31.7. The molecule has 0 spiro atoms. The van der Waals surface area contributed by atoms with Gasteiger partial charge in [-0.25, -0.2) is 9.67 Å². The molecule has 0 bridgehead atoms. The largest absolute Gasteiger partial charge is 0.381 e. The van der Waals surface area contributed by atoms with Crippen LogP contribution in [0.1, 0.15) is 75.4 Å². The summed E-state index contributed by atoms with van der Waals surface area (Å²) < 4.78 is 7.62. The molecule has 4 heterocycles. The second kappa shape index (κ2) is 16.9. The van der Waals surface area contributed by atoms with Crippen LogP contribution in [-0.2, 0) is 37.3 Å². The highest BCUT2D eigenvalue weighted by atomic mass is 16.5. The van der Waals surface area contributed by atoms with Crippen molar-refractivity contribution in [2.45, 2.75) is 72.3 Å². The number of amides is 2. The number of benzene rings is 3. The van der Waals surface area contributed by atoms with Gasteiger partial charge in [-0.2, -0.15) is 5.10 Å². The van der Waals surface area contributed by atoms with Crippen molar-refractivity contribution in [3.8, 4) is 11.1 Å². The van der Waals surface area contributed by atoms with Gasteiger partial charge in [-0.05, 0) is 91.3 Å². The summed E-state index contributed by atoms with van der Waals surface area (Å²) in [5, 5.41) is 12.9. The fourth-order valence-corrected chi connectivity index (χ4v) is 7.75. The number of fused-ring (bicyclic) bond motifs is 1. The van der Waals surface area contributed by atoms with E-state index in [1.807, 2.05) is 28.8 Å². The summed E-state index contributed by atoms with van der Waals surface area (Å²) in [4.78, 5) is 36.6. The number of nitrogens with two attached hydrogens (primary N) is 1. The van der Waals surface area contributed by atoms with Gasteiger partial charge in [-0.3, -0.25) is 14.5 Å². The lowest BCUT2D eigenvalue weighted by Crippen LogP contribution is -2.42. The van der Waals surface area contributed by atoms with Gasteiger partial charge in [0.05, 0.1) is 23.8 Å². The Bertz CT molecular complexity index is 2120. The Morgan fingerprint density at radius 1 is 0.944 bits per heavy atom. The van der Waals surface area contributed by atoms with Crippen LogP contribution in [0.5, 0.6) is 0 Å². The van der Waals surface area contributed by atoms with Gasteiger partial charge in [0.1, 0.15) is 0 Å². The molecule has 2 aromatic heterocycles. The number of primary amides is 1. The fourth-order valence-electron chi connectivity index (χ4n) is 7.75. The summed E-state index contributed by atoms with van der Waals surface area (Å²) >= 11 is 0. The van der Waals surface area contributed by atoms with Crippen LogP contribution in [0.25, 0.3) is 22.2 Å². The number of hydrogen-bond donors (Lipinski definition) is 3. The van der Waals surface area contributed by atoms with Crippen molar-refractivity contribution in [2.75, 3.05) is 44.7 Å². The Hall–Kier alpha value is -5.10. The van der Waals surface area contributed by atoms with Crippen molar-refractivity contribution >= 4 is 28.5 Å². The van der Waals surface area contributed by atoms with E-state index in [0.29, 0.717) is 50.4 Å². The van der Waals surface area contributed by atoms with Crippen molar-refractivity contribution in [2.24, 2.45) is 5.73 Å². The molecule has 5 aromatic rings. The lowest BCUT2D eigenvalue weighted by atomic mass is 9.99. The number of nitrogens with one attached hydrogen (secondary N) is 2. The van der Waals surface area contributed by atoms with Crippen LogP contribution in [0.15, 0.2) is 72.9 Å². The predicted octanol–water partition coefficient (Wildman–Crippen LogP) is 5.93. The second-order valence-corrected chi connectivity index (χ2v) is 14.5. The van der Waals surface area contributed by atoms with Crippen LogP contribution in [0.2, 0.25) is 0 Å². The molecule has 0 aliphatic carbocycles. The maximum atomic E-state index is 14.8. The number of nitrogens with zero attached hydrogens (tertiary/aromatic N) is 5. The molecule has 2 amide bonds. The number of piperazine rings is 1. The number of aromatic nitrogens is 3. The average Bonchev–Trinajstić information content (AvgIpc) is 3.61.